The molecule has 0 spiro atoms. The van der Waals surface area contributed by atoms with Crippen LogP contribution < -0.4 is 0 Å². The third kappa shape index (κ3) is 2.19. The number of hydrogen-bond donors (Lipinski definition) is 0. The molecule has 0 saturated heterocycles. The third-order valence-corrected chi connectivity index (χ3v) is 3.53. The molecule has 16 heavy (non-hydrogen) atoms. The number of rotatable bonds is 1. The molecule has 1 nitrogen and oxygen atoms in total. The van der Waals surface area contributed by atoms with Gasteiger partial charge in [0.15, 0.2) is 0 Å². The molecule has 1 heteroatoms. The van der Waals surface area contributed by atoms with Crippen LogP contribution in [-0.4, -0.2) is 25.0 Å². The first-order valence-corrected chi connectivity index (χ1v) is 6.02. The van der Waals surface area contributed by atoms with Crippen LogP contribution in [-0.2, 0) is 0 Å². The van der Waals surface area contributed by atoms with Crippen LogP contribution >= 0.6 is 0 Å². The first kappa shape index (κ1) is 11.4. The fourth-order valence-electron chi connectivity index (χ4n) is 2.37. The summed E-state index contributed by atoms with van der Waals surface area (Å²) in [6, 6.07) is 6.76. The maximum Gasteiger partial charge on any atom is 0.0236 e. The number of nitrogens with zero attached hydrogens (tertiary/aromatic N) is 1. The molecule has 1 aromatic rings. The average Bonchev–Trinajstić information content (AvgIpc) is 2.25. The second kappa shape index (κ2) is 4.42. The lowest BCUT2D eigenvalue weighted by Gasteiger charge is -2.27. The standard InChI is InChI=1S/C15H21N/c1-11-5-6-12(2)14(9-11)15-10-16(4)8-7-13(15)3/h5-6,9H,7-8,10H2,1-4H3. The predicted molar refractivity (Wildman–Crippen MR) is 70.6 cm³/mol. The highest BCUT2D eigenvalue weighted by Gasteiger charge is 2.16. The summed E-state index contributed by atoms with van der Waals surface area (Å²) < 4.78 is 0. The zero-order valence-corrected chi connectivity index (χ0v) is 10.8. The Labute approximate surface area is 98.8 Å². The highest BCUT2D eigenvalue weighted by molar-refractivity contribution is 5.73. The Morgan fingerprint density at radius 2 is 1.88 bits per heavy atom. The molecule has 0 amide bonds. The molecule has 2 rings (SSSR count). The first-order chi connectivity index (χ1) is 7.58. The average molecular weight is 215 g/mol. The van der Waals surface area contributed by atoms with E-state index in [1.807, 2.05) is 0 Å². The van der Waals surface area contributed by atoms with Gasteiger partial charge >= 0.3 is 0 Å². The van der Waals surface area contributed by atoms with E-state index in [1.54, 1.807) is 5.57 Å². The summed E-state index contributed by atoms with van der Waals surface area (Å²) in [7, 11) is 2.21. The van der Waals surface area contributed by atoms with E-state index >= 15 is 0 Å². The second-order valence-corrected chi connectivity index (χ2v) is 5.07. The van der Waals surface area contributed by atoms with Gasteiger partial charge in [-0.05, 0) is 50.9 Å². The van der Waals surface area contributed by atoms with Crippen LogP contribution in [0.4, 0.5) is 0 Å². The molecule has 0 fully saturated rings. The Kier molecular flexibility index (Phi) is 3.15. The van der Waals surface area contributed by atoms with Gasteiger partial charge in [0.25, 0.3) is 0 Å². The molecule has 0 unspecified atom stereocenters. The number of hydrogen-bond acceptors (Lipinski definition) is 1. The van der Waals surface area contributed by atoms with Crippen molar-refractivity contribution in [3.05, 3.63) is 40.5 Å². The molecule has 0 atom stereocenters. The molecule has 0 radical (unpaired) electrons. The first-order valence-electron chi connectivity index (χ1n) is 6.02. The van der Waals surface area contributed by atoms with Crippen LogP contribution in [0.2, 0.25) is 0 Å². The van der Waals surface area contributed by atoms with E-state index in [-0.39, 0.29) is 0 Å². The lowest BCUT2D eigenvalue weighted by Crippen LogP contribution is -2.27. The van der Waals surface area contributed by atoms with Crippen molar-refractivity contribution >= 4 is 5.57 Å². The molecule has 0 saturated carbocycles. The molecule has 0 aromatic heterocycles. The normalized spacial score (nSPS) is 18.0. The second-order valence-electron chi connectivity index (χ2n) is 5.07. The Morgan fingerprint density at radius 1 is 1.12 bits per heavy atom. The van der Waals surface area contributed by atoms with Crippen LogP contribution in [0.3, 0.4) is 0 Å². The molecule has 1 aromatic carbocycles. The van der Waals surface area contributed by atoms with E-state index in [0.717, 1.165) is 6.54 Å². The van der Waals surface area contributed by atoms with E-state index in [1.165, 1.54) is 35.2 Å². The topological polar surface area (TPSA) is 3.24 Å². The predicted octanol–water partition coefficient (Wildman–Crippen LogP) is 3.41. The molecule has 1 heterocycles. The zero-order valence-electron chi connectivity index (χ0n) is 10.8. The van der Waals surface area contributed by atoms with E-state index in [9.17, 15) is 0 Å². The quantitative estimate of drug-likeness (QED) is 0.694. The summed E-state index contributed by atoms with van der Waals surface area (Å²) in [5, 5.41) is 0. The van der Waals surface area contributed by atoms with Crippen molar-refractivity contribution in [3.63, 3.8) is 0 Å². The fourth-order valence-corrected chi connectivity index (χ4v) is 2.37. The summed E-state index contributed by atoms with van der Waals surface area (Å²) in [5.74, 6) is 0. The van der Waals surface area contributed by atoms with Crippen LogP contribution in [0, 0.1) is 13.8 Å². The minimum absolute atomic E-state index is 1.09. The van der Waals surface area contributed by atoms with Crippen LogP contribution in [0.5, 0.6) is 0 Å². The molecule has 0 N–H and O–H groups in total. The Bertz CT molecular complexity index is 429. The summed E-state index contributed by atoms with van der Waals surface area (Å²) in [4.78, 5) is 2.41. The summed E-state index contributed by atoms with van der Waals surface area (Å²) in [6.07, 6.45) is 1.21. The van der Waals surface area contributed by atoms with Gasteiger partial charge in [-0.25, -0.2) is 0 Å². The molecule has 0 aliphatic carbocycles. The van der Waals surface area contributed by atoms with E-state index in [0.29, 0.717) is 0 Å². The SMILES string of the molecule is CC1=C(c2cc(C)ccc2C)CN(C)CC1. The van der Waals surface area contributed by atoms with Crippen molar-refractivity contribution in [2.75, 3.05) is 20.1 Å². The molecular formula is C15H21N. The van der Waals surface area contributed by atoms with Crippen molar-refractivity contribution in [2.24, 2.45) is 0 Å². The zero-order chi connectivity index (χ0) is 11.7. The van der Waals surface area contributed by atoms with Crippen LogP contribution in [0.1, 0.15) is 30.0 Å². The monoisotopic (exact) mass is 215 g/mol. The molecule has 1 aliphatic rings. The lowest BCUT2D eigenvalue weighted by molar-refractivity contribution is 0.366. The van der Waals surface area contributed by atoms with Gasteiger partial charge in [0, 0.05) is 13.1 Å². The third-order valence-electron chi connectivity index (χ3n) is 3.53. The number of benzene rings is 1. The van der Waals surface area contributed by atoms with Crippen molar-refractivity contribution in [1.82, 2.24) is 4.90 Å². The van der Waals surface area contributed by atoms with Gasteiger partial charge in [0.2, 0.25) is 0 Å². The highest BCUT2D eigenvalue weighted by Crippen LogP contribution is 2.28. The van der Waals surface area contributed by atoms with E-state index in [2.05, 4.69) is 50.9 Å². The van der Waals surface area contributed by atoms with Crippen molar-refractivity contribution in [3.8, 4) is 0 Å². The van der Waals surface area contributed by atoms with E-state index in [4.69, 9.17) is 0 Å². The van der Waals surface area contributed by atoms with Gasteiger partial charge in [-0.2, -0.15) is 0 Å². The molecule has 86 valence electrons. The maximum atomic E-state index is 2.41. The van der Waals surface area contributed by atoms with Crippen LogP contribution in [0.15, 0.2) is 23.8 Å². The molecule has 1 aliphatic heterocycles. The maximum absolute atomic E-state index is 2.41. The van der Waals surface area contributed by atoms with Gasteiger partial charge in [-0.3, -0.25) is 0 Å². The van der Waals surface area contributed by atoms with Gasteiger partial charge in [-0.1, -0.05) is 29.3 Å². The Morgan fingerprint density at radius 3 is 2.62 bits per heavy atom. The van der Waals surface area contributed by atoms with Gasteiger partial charge < -0.3 is 4.90 Å². The Hall–Kier alpha value is -1.08. The van der Waals surface area contributed by atoms with Gasteiger partial charge in [0.1, 0.15) is 0 Å². The van der Waals surface area contributed by atoms with Crippen LogP contribution in [0.25, 0.3) is 5.57 Å². The fraction of sp³-hybridized carbons (Fsp3) is 0.467. The van der Waals surface area contributed by atoms with Crippen molar-refractivity contribution < 1.29 is 0 Å². The summed E-state index contributed by atoms with van der Waals surface area (Å²) in [5.41, 5.74) is 7.30. The van der Waals surface area contributed by atoms with Gasteiger partial charge in [0.05, 0.1) is 0 Å². The largest absolute Gasteiger partial charge is 0.302 e. The number of likely N-dealkylation sites (N-methyl/N-ethyl adjacent to an activating group) is 1. The Balaban J connectivity index is 2.46. The van der Waals surface area contributed by atoms with Crippen molar-refractivity contribution in [2.45, 2.75) is 27.2 Å². The molecular weight excluding hydrogens is 194 g/mol. The number of aryl methyl sites for hydroxylation is 2. The molecule has 0 bridgehead atoms. The van der Waals surface area contributed by atoms with E-state index < -0.39 is 0 Å². The van der Waals surface area contributed by atoms with Gasteiger partial charge in [-0.15, -0.1) is 0 Å². The smallest absolute Gasteiger partial charge is 0.0236 e. The highest BCUT2D eigenvalue weighted by atomic mass is 15.1. The minimum Gasteiger partial charge on any atom is -0.302 e. The lowest BCUT2D eigenvalue weighted by atomic mass is 9.91. The minimum atomic E-state index is 1.09. The summed E-state index contributed by atoms with van der Waals surface area (Å²) in [6.45, 7) is 8.95. The summed E-state index contributed by atoms with van der Waals surface area (Å²) >= 11 is 0. The van der Waals surface area contributed by atoms with Crippen molar-refractivity contribution in [1.29, 1.82) is 0 Å².